The van der Waals surface area contributed by atoms with Crippen LogP contribution in [0.25, 0.3) is 0 Å². The lowest BCUT2D eigenvalue weighted by Gasteiger charge is -2.16. The average molecular weight is 565 g/mol. The van der Waals surface area contributed by atoms with Crippen LogP contribution in [0.3, 0.4) is 0 Å². The lowest BCUT2D eigenvalue weighted by Crippen LogP contribution is -2.06. The van der Waals surface area contributed by atoms with E-state index in [1.807, 2.05) is 36.4 Å². The van der Waals surface area contributed by atoms with E-state index in [0.717, 1.165) is 73.0 Å². The van der Waals surface area contributed by atoms with Crippen LogP contribution in [0.2, 0.25) is 0 Å². The highest BCUT2D eigenvalue weighted by Crippen LogP contribution is 2.29. The lowest BCUT2D eigenvalue weighted by molar-refractivity contribution is 0.289. The molecule has 0 spiro atoms. The first-order chi connectivity index (χ1) is 20.7. The average Bonchev–Trinajstić information content (AvgIpc) is 3.85. The molecule has 3 heterocycles. The molecule has 3 saturated heterocycles. The maximum Gasteiger partial charge on any atom is 0.123 e. The first-order valence-electron chi connectivity index (χ1n) is 14.8. The molecule has 3 fully saturated rings. The van der Waals surface area contributed by atoms with E-state index in [9.17, 15) is 0 Å². The molecule has 216 valence electrons. The zero-order valence-corrected chi connectivity index (χ0v) is 23.7. The topological polar surface area (TPSA) is 65.3 Å². The van der Waals surface area contributed by atoms with Crippen molar-refractivity contribution in [3.8, 4) is 17.2 Å². The Bertz CT molecular complexity index is 1310. The van der Waals surface area contributed by atoms with Gasteiger partial charge in [-0.2, -0.15) is 0 Å². The Labute approximate surface area is 247 Å². The highest BCUT2D eigenvalue weighted by molar-refractivity contribution is 5.38. The molecule has 0 N–H and O–H groups in total. The summed E-state index contributed by atoms with van der Waals surface area (Å²) >= 11 is 0. The second-order valence-electron chi connectivity index (χ2n) is 11.3. The molecule has 0 aromatic heterocycles. The Morgan fingerprint density at radius 2 is 0.738 bits per heavy atom. The predicted molar refractivity (Wildman–Crippen MR) is 159 cm³/mol. The van der Waals surface area contributed by atoms with Crippen molar-refractivity contribution >= 4 is 0 Å². The SMILES string of the molecule is c1ccc(OCc2cc(COc3ccccc3CC3CO3)cc(COc3ccccc3CC3CO3)c2)c(CC2CO2)c1. The normalized spacial score (nSPS) is 20.1. The van der Waals surface area contributed by atoms with Gasteiger partial charge in [0, 0.05) is 19.3 Å². The zero-order valence-electron chi connectivity index (χ0n) is 23.7. The van der Waals surface area contributed by atoms with Crippen molar-refractivity contribution in [3.05, 3.63) is 124 Å². The smallest absolute Gasteiger partial charge is 0.123 e. The third kappa shape index (κ3) is 7.51. The highest BCUT2D eigenvalue weighted by atomic mass is 16.6. The van der Waals surface area contributed by atoms with Crippen molar-refractivity contribution in [1.82, 2.24) is 0 Å². The molecule has 4 aromatic rings. The van der Waals surface area contributed by atoms with Gasteiger partial charge in [-0.25, -0.2) is 0 Å². The lowest BCUT2D eigenvalue weighted by atomic mass is 10.1. The van der Waals surface area contributed by atoms with Gasteiger partial charge in [0.05, 0.1) is 38.1 Å². The van der Waals surface area contributed by atoms with Crippen molar-refractivity contribution in [1.29, 1.82) is 0 Å². The second-order valence-corrected chi connectivity index (χ2v) is 11.3. The molecular formula is C36H36O6. The van der Waals surface area contributed by atoms with Gasteiger partial charge in [-0.3, -0.25) is 0 Å². The molecule has 0 aliphatic carbocycles. The van der Waals surface area contributed by atoms with Crippen molar-refractivity contribution in [2.45, 2.75) is 57.4 Å². The van der Waals surface area contributed by atoms with Gasteiger partial charge < -0.3 is 28.4 Å². The van der Waals surface area contributed by atoms with E-state index in [1.165, 1.54) is 16.7 Å². The van der Waals surface area contributed by atoms with Crippen molar-refractivity contribution in [2.24, 2.45) is 0 Å². The fourth-order valence-corrected chi connectivity index (χ4v) is 5.31. The molecule has 0 saturated carbocycles. The van der Waals surface area contributed by atoms with Gasteiger partial charge in [-0.15, -0.1) is 0 Å². The molecule has 3 aliphatic heterocycles. The van der Waals surface area contributed by atoms with Gasteiger partial charge in [-0.05, 0) is 69.8 Å². The summed E-state index contributed by atoms with van der Waals surface area (Å²) in [4.78, 5) is 0. The van der Waals surface area contributed by atoms with E-state index in [0.29, 0.717) is 38.1 Å². The zero-order chi connectivity index (χ0) is 28.1. The Balaban J connectivity index is 1.09. The monoisotopic (exact) mass is 564 g/mol. The van der Waals surface area contributed by atoms with Gasteiger partial charge in [-0.1, -0.05) is 54.6 Å². The minimum Gasteiger partial charge on any atom is -0.489 e. The van der Waals surface area contributed by atoms with E-state index in [-0.39, 0.29) is 0 Å². The summed E-state index contributed by atoms with van der Waals surface area (Å²) in [7, 11) is 0. The molecular weight excluding hydrogens is 528 g/mol. The van der Waals surface area contributed by atoms with Gasteiger partial charge in [0.25, 0.3) is 0 Å². The summed E-state index contributed by atoms with van der Waals surface area (Å²) in [5.41, 5.74) is 6.76. The summed E-state index contributed by atoms with van der Waals surface area (Å²) < 4.78 is 35.5. The Kier molecular flexibility index (Phi) is 8.09. The number of benzene rings is 4. The van der Waals surface area contributed by atoms with E-state index in [4.69, 9.17) is 28.4 Å². The van der Waals surface area contributed by atoms with Crippen LogP contribution in [-0.2, 0) is 53.3 Å². The molecule has 0 radical (unpaired) electrons. The van der Waals surface area contributed by atoms with Gasteiger partial charge in [0.1, 0.15) is 37.1 Å². The first kappa shape index (κ1) is 27.0. The van der Waals surface area contributed by atoms with Crippen LogP contribution in [0.5, 0.6) is 17.2 Å². The van der Waals surface area contributed by atoms with Crippen LogP contribution < -0.4 is 14.2 Å². The van der Waals surface area contributed by atoms with Crippen LogP contribution in [0.15, 0.2) is 91.0 Å². The maximum absolute atomic E-state index is 6.36. The van der Waals surface area contributed by atoms with Crippen LogP contribution >= 0.6 is 0 Å². The van der Waals surface area contributed by atoms with Crippen molar-refractivity contribution in [2.75, 3.05) is 19.8 Å². The summed E-state index contributed by atoms with van der Waals surface area (Å²) in [6.45, 7) is 3.84. The van der Waals surface area contributed by atoms with Crippen LogP contribution in [0.4, 0.5) is 0 Å². The molecule has 0 bridgehead atoms. The summed E-state index contributed by atoms with van der Waals surface area (Å²) in [5, 5.41) is 0. The van der Waals surface area contributed by atoms with Crippen molar-refractivity contribution < 1.29 is 28.4 Å². The number of hydrogen-bond donors (Lipinski definition) is 0. The van der Waals surface area contributed by atoms with E-state index in [1.54, 1.807) is 0 Å². The molecule has 4 aromatic carbocycles. The maximum atomic E-state index is 6.36. The second kappa shape index (κ2) is 12.6. The Morgan fingerprint density at radius 3 is 1.02 bits per heavy atom. The number of para-hydroxylation sites is 3. The number of hydrogen-bond acceptors (Lipinski definition) is 6. The molecule has 7 rings (SSSR count). The minimum atomic E-state index is 0.308. The summed E-state index contributed by atoms with van der Waals surface area (Å²) in [6.07, 6.45) is 3.55. The number of rotatable bonds is 15. The summed E-state index contributed by atoms with van der Waals surface area (Å²) in [5.74, 6) is 2.71. The Hall–Kier alpha value is -3.84. The number of epoxide rings is 3. The molecule has 3 atom stereocenters. The third-order valence-corrected chi connectivity index (χ3v) is 7.76. The first-order valence-corrected chi connectivity index (χ1v) is 14.8. The molecule has 0 amide bonds. The van der Waals surface area contributed by atoms with Crippen LogP contribution in [-0.4, -0.2) is 38.1 Å². The fourth-order valence-electron chi connectivity index (χ4n) is 5.31. The largest absolute Gasteiger partial charge is 0.489 e. The standard InChI is InChI=1S/C36H36O6/c1-4-10-34(28(7-1)16-31-22-37-31)40-19-25-13-26(20-41-35-11-5-2-8-29(35)17-32-23-38-32)15-27(14-25)21-42-36-12-6-3-9-30(36)18-33-24-39-33/h1-15,31-33H,16-24H2. The minimum absolute atomic E-state index is 0.308. The highest BCUT2D eigenvalue weighted by Gasteiger charge is 2.26. The van der Waals surface area contributed by atoms with E-state index in [2.05, 4.69) is 54.6 Å². The van der Waals surface area contributed by atoms with Gasteiger partial charge >= 0.3 is 0 Å². The fraction of sp³-hybridized carbons (Fsp3) is 0.333. The molecule has 3 unspecified atom stereocenters. The molecule has 6 nitrogen and oxygen atoms in total. The van der Waals surface area contributed by atoms with E-state index < -0.39 is 0 Å². The molecule has 6 heteroatoms. The van der Waals surface area contributed by atoms with Crippen LogP contribution in [0, 0.1) is 0 Å². The molecule has 42 heavy (non-hydrogen) atoms. The van der Waals surface area contributed by atoms with Gasteiger partial charge in [0.15, 0.2) is 0 Å². The van der Waals surface area contributed by atoms with E-state index >= 15 is 0 Å². The predicted octanol–water partition coefficient (Wildman–Crippen LogP) is 6.25. The number of ether oxygens (including phenoxy) is 6. The van der Waals surface area contributed by atoms with Gasteiger partial charge in [0.2, 0.25) is 0 Å². The quantitative estimate of drug-likeness (QED) is 0.159. The third-order valence-electron chi connectivity index (χ3n) is 7.76. The summed E-state index contributed by atoms with van der Waals surface area (Å²) in [6, 6.07) is 31.2. The van der Waals surface area contributed by atoms with Crippen LogP contribution in [0.1, 0.15) is 33.4 Å². The molecule has 3 aliphatic rings. The van der Waals surface area contributed by atoms with Crippen molar-refractivity contribution in [3.63, 3.8) is 0 Å². The Morgan fingerprint density at radius 1 is 0.452 bits per heavy atom.